The number of nitro groups is 1. The molecule has 0 fully saturated rings. The Morgan fingerprint density at radius 2 is 1.62 bits per heavy atom. The Morgan fingerprint density at radius 1 is 1.00 bits per heavy atom. The van der Waals surface area contributed by atoms with Crippen molar-refractivity contribution in [2.24, 2.45) is 0 Å². The van der Waals surface area contributed by atoms with Gasteiger partial charge in [-0.2, -0.15) is 0 Å². The number of hydrogen-bond acceptors (Lipinski definition) is 8. The highest BCUT2D eigenvalue weighted by Gasteiger charge is 2.27. The molecule has 0 saturated carbocycles. The largest absolute Gasteiger partial charge is 0.465 e. The van der Waals surface area contributed by atoms with Crippen molar-refractivity contribution in [1.29, 1.82) is 0 Å². The molecule has 0 aliphatic rings. The Labute approximate surface area is 220 Å². The lowest BCUT2D eigenvalue weighted by Gasteiger charge is -2.27. The fraction of sp³-hybridized carbons (Fsp3) is 0.292. The summed E-state index contributed by atoms with van der Waals surface area (Å²) in [4.78, 5) is 50.9. The van der Waals surface area contributed by atoms with Crippen molar-refractivity contribution in [2.45, 2.75) is 38.4 Å². The summed E-state index contributed by atoms with van der Waals surface area (Å²) in [5, 5.41) is 28.4. The summed E-state index contributed by atoms with van der Waals surface area (Å²) in [6.07, 6.45) is -0.787. The summed E-state index contributed by atoms with van der Waals surface area (Å²) in [5.41, 5.74) is -0.145. The number of hydrogen-bond donors (Lipinski definition) is 3. The van der Waals surface area contributed by atoms with Gasteiger partial charge in [0, 0.05) is 28.4 Å². The highest BCUT2D eigenvalue weighted by Crippen LogP contribution is 2.20. The van der Waals surface area contributed by atoms with Crippen molar-refractivity contribution in [3.05, 3.63) is 79.2 Å². The van der Waals surface area contributed by atoms with E-state index in [1.165, 1.54) is 46.9 Å². The third-order valence-electron chi connectivity index (χ3n) is 5.21. The van der Waals surface area contributed by atoms with Gasteiger partial charge in [-0.15, -0.1) is 22.7 Å². The fourth-order valence-electron chi connectivity index (χ4n) is 3.45. The number of carbonyl (C=O) groups is 3. The van der Waals surface area contributed by atoms with Crippen molar-refractivity contribution >= 4 is 46.5 Å². The lowest BCUT2D eigenvalue weighted by molar-refractivity contribution is -0.384. The molecule has 0 unspecified atom stereocenters. The van der Waals surface area contributed by atoms with E-state index in [-0.39, 0.29) is 30.3 Å². The van der Waals surface area contributed by atoms with Crippen molar-refractivity contribution in [3.8, 4) is 5.75 Å². The first-order valence-electron chi connectivity index (χ1n) is 11.3. The number of ether oxygens (including phenoxy) is 1. The second kappa shape index (κ2) is 13.9. The Balaban J connectivity index is 1.71. The zero-order valence-electron chi connectivity index (χ0n) is 19.7. The number of carboxylic acid groups (broad SMARTS) is 1. The van der Waals surface area contributed by atoms with Crippen molar-refractivity contribution < 1.29 is 29.2 Å². The summed E-state index contributed by atoms with van der Waals surface area (Å²) in [5.74, 6) is -0.206. The number of carbonyl (C=O) groups excluding carboxylic acids is 2. The first kappa shape index (κ1) is 27.6. The average molecular weight is 547 g/mol. The van der Waals surface area contributed by atoms with E-state index < -0.39 is 23.2 Å². The number of nitrogens with one attached hydrogen (secondary N) is 2. The summed E-state index contributed by atoms with van der Waals surface area (Å²) in [7, 11) is 0. The molecule has 0 aliphatic carbocycles. The predicted octanol–water partition coefficient (Wildman–Crippen LogP) is 4.84. The van der Waals surface area contributed by atoms with Gasteiger partial charge in [0.15, 0.2) is 0 Å². The first-order chi connectivity index (χ1) is 17.8. The Hall–Kier alpha value is -3.97. The molecule has 0 bridgehead atoms. The number of non-ortho nitro benzene ring substituents is 1. The molecule has 0 saturated heterocycles. The van der Waals surface area contributed by atoms with E-state index in [9.17, 15) is 24.5 Å². The van der Waals surface area contributed by atoms with Crippen LogP contribution in [0.5, 0.6) is 5.75 Å². The molecule has 2 aromatic heterocycles. The van der Waals surface area contributed by atoms with E-state index in [1.54, 1.807) is 4.90 Å². The summed E-state index contributed by atoms with van der Waals surface area (Å²) in [6, 6.07) is 11.8. The molecule has 2 heterocycles. The summed E-state index contributed by atoms with van der Waals surface area (Å²) in [6.45, 7) is 0.951. The third-order valence-corrected chi connectivity index (χ3v) is 6.93. The van der Waals surface area contributed by atoms with Crippen LogP contribution in [0.25, 0.3) is 0 Å². The van der Waals surface area contributed by atoms with Gasteiger partial charge in [0.05, 0.1) is 18.0 Å². The van der Waals surface area contributed by atoms with Crippen molar-refractivity contribution in [2.75, 3.05) is 6.54 Å². The smallest absolute Gasteiger partial charge is 0.413 e. The van der Waals surface area contributed by atoms with Crippen molar-refractivity contribution in [1.82, 2.24) is 15.5 Å². The SMILES string of the molecule is O=C(O)NCCCC[C@H](NC(=O)Oc1ccc([N+](=O)[O-])cc1)C(=O)N(Cc1cccs1)Cc1cccs1. The lowest BCUT2D eigenvalue weighted by atomic mass is 10.1. The number of benzene rings is 1. The molecule has 0 radical (unpaired) electrons. The summed E-state index contributed by atoms with van der Waals surface area (Å²) >= 11 is 3.05. The van der Waals surface area contributed by atoms with E-state index >= 15 is 0 Å². The quantitative estimate of drug-likeness (QED) is 0.158. The second-order valence-corrected chi connectivity index (χ2v) is 9.98. The van der Waals surface area contributed by atoms with Gasteiger partial charge < -0.3 is 25.4 Å². The minimum Gasteiger partial charge on any atom is -0.465 e. The minimum atomic E-state index is -1.13. The van der Waals surface area contributed by atoms with Gasteiger partial charge >= 0.3 is 12.2 Å². The molecule has 3 rings (SSSR count). The molecular weight excluding hydrogens is 520 g/mol. The molecule has 11 nitrogen and oxygen atoms in total. The van der Waals surface area contributed by atoms with Crippen LogP contribution in [-0.4, -0.2) is 45.6 Å². The Bertz CT molecular complexity index is 1130. The number of unbranched alkanes of at least 4 members (excludes halogenated alkanes) is 1. The molecular formula is C24H26N4O7S2. The highest BCUT2D eigenvalue weighted by atomic mass is 32.1. The topological polar surface area (TPSA) is 151 Å². The van der Waals surface area contributed by atoms with Gasteiger partial charge in [-0.1, -0.05) is 12.1 Å². The van der Waals surface area contributed by atoms with E-state index in [0.29, 0.717) is 25.9 Å². The van der Waals surface area contributed by atoms with Crippen LogP contribution in [0.15, 0.2) is 59.3 Å². The maximum Gasteiger partial charge on any atom is 0.413 e. The number of thiophene rings is 2. The second-order valence-electron chi connectivity index (χ2n) is 7.92. The molecule has 0 aliphatic heterocycles. The van der Waals surface area contributed by atoms with Crippen LogP contribution < -0.4 is 15.4 Å². The highest BCUT2D eigenvalue weighted by molar-refractivity contribution is 7.10. The van der Waals surface area contributed by atoms with Gasteiger partial charge in [-0.25, -0.2) is 9.59 Å². The van der Waals surface area contributed by atoms with E-state index in [4.69, 9.17) is 9.84 Å². The number of amides is 3. The predicted molar refractivity (Wildman–Crippen MR) is 139 cm³/mol. The Morgan fingerprint density at radius 3 is 2.14 bits per heavy atom. The van der Waals surface area contributed by atoms with E-state index in [0.717, 1.165) is 9.75 Å². The summed E-state index contributed by atoms with van der Waals surface area (Å²) < 4.78 is 5.25. The van der Waals surface area contributed by atoms with Crippen LogP contribution in [0.4, 0.5) is 15.3 Å². The standard InChI is InChI=1S/C24H26N4O7S2/c29-22(27(15-19-5-3-13-36-19)16-20-6-4-14-37-20)21(7-1-2-12-25-23(30)31)26-24(32)35-18-10-8-17(9-11-18)28(33)34/h3-6,8-11,13-14,21,25H,1-2,7,12,15-16H2,(H,26,32)(H,30,31)/t21-/m0/s1. The monoisotopic (exact) mass is 546 g/mol. The number of nitrogens with zero attached hydrogens (tertiary/aromatic N) is 2. The molecule has 0 spiro atoms. The molecule has 1 atom stereocenters. The van der Waals surface area contributed by atoms with Gasteiger partial charge in [0.25, 0.3) is 5.69 Å². The molecule has 13 heteroatoms. The third kappa shape index (κ3) is 9.20. The van der Waals surface area contributed by atoms with Crippen LogP contribution in [0.3, 0.4) is 0 Å². The van der Waals surface area contributed by atoms with Crippen LogP contribution in [0.1, 0.15) is 29.0 Å². The maximum absolute atomic E-state index is 13.7. The van der Waals surface area contributed by atoms with Gasteiger partial charge in [0.2, 0.25) is 5.91 Å². The normalized spacial score (nSPS) is 11.4. The molecule has 196 valence electrons. The first-order valence-corrected chi connectivity index (χ1v) is 13.1. The molecule has 3 amide bonds. The fourth-order valence-corrected chi connectivity index (χ4v) is 4.89. The van der Waals surface area contributed by atoms with Crippen LogP contribution in [-0.2, 0) is 17.9 Å². The average Bonchev–Trinajstić information content (AvgIpc) is 3.57. The van der Waals surface area contributed by atoms with Gasteiger partial charge in [0.1, 0.15) is 11.8 Å². The van der Waals surface area contributed by atoms with Crippen molar-refractivity contribution in [3.63, 3.8) is 0 Å². The zero-order chi connectivity index (χ0) is 26.6. The van der Waals surface area contributed by atoms with Gasteiger partial charge in [-0.3, -0.25) is 14.9 Å². The van der Waals surface area contributed by atoms with Gasteiger partial charge in [-0.05, 0) is 54.3 Å². The number of nitro benzene ring substituents is 1. The van der Waals surface area contributed by atoms with Crippen LogP contribution in [0.2, 0.25) is 0 Å². The molecule has 1 aromatic carbocycles. The molecule has 37 heavy (non-hydrogen) atoms. The minimum absolute atomic E-state index is 0.0917. The Kier molecular flexibility index (Phi) is 10.4. The maximum atomic E-state index is 13.7. The lowest BCUT2D eigenvalue weighted by Crippen LogP contribution is -2.48. The zero-order valence-corrected chi connectivity index (χ0v) is 21.3. The number of rotatable bonds is 13. The molecule has 3 N–H and O–H groups in total. The van der Waals surface area contributed by atoms with Crippen LogP contribution in [0, 0.1) is 10.1 Å². The van der Waals surface area contributed by atoms with Crippen LogP contribution >= 0.6 is 22.7 Å². The van der Waals surface area contributed by atoms with E-state index in [2.05, 4.69) is 10.6 Å². The van der Waals surface area contributed by atoms with E-state index in [1.807, 2.05) is 35.0 Å². The molecule has 3 aromatic rings.